The van der Waals surface area contributed by atoms with Gasteiger partial charge in [-0.05, 0) is 38.1 Å². The molecule has 2 N–H and O–H groups in total. The molecule has 0 saturated heterocycles. The van der Waals surface area contributed by atoms with E-state index in [0.717, 1.165) is 43.5 Å². The number of furan rings is 1. The van der Waals surface area contributed by atoms with Crippen LogP contribution in [0, 0.1) is 0 Å². The van der Waals surface area contributed by atoms with E-state index in [9.17, 15) is 14.4 Å². The van der Waals surface area contributed by atoms with Gasteiger partial charge >= 0.3 is 11.6 Å². The van der Waals surface area contributed by atoms with Gasteiger partial charge in [0, 0.05) is 13.0 Å². The molecule has 0 saturated carbocycles. The van der Waals surface area contributed by atoms with Gasteiger partial charge < -0.3 is 4.42 Å². The van der Waals surface area contributed by atoms with E-state index in [1.54, 1.807) is 16.7 Å². The molecule has 2 aromatic rings. The highest BCUT2D eigenvalue weighted by atomic mass is 16.4. The molecule has 0 fully saturated rings. The first kappa shape index (κ1) is 20.8. The van der Waals surface area contributed by atoms with Crippen LogP contribution in [0.15, 0.2) is 21.3 Å². The first-order valence-corrected chi connectivity index (χ1v) is 10.1. The van der Waals surface area contributed by atoms with E-state index in [2.05, 4.69) is 34.7 Å². The fourth-order valence-electron chi connectivity index (χ4n) is 3.34. The van der Waals surface area contributed by atoms with Crippen molar-refractivity contribution >= 4 is 11.8 Å². The van der Waals surface area contributed by atoms with Crippen molar-refractivity contribution in [3.63, 3.8) is 0 Å². The van der Waals surface area contributed by atoms with E-state index in [-0.39, 0.29) is 18.0 Å². The van der Waals surface area contributed by atoms with Crippen LogP contribution in [-0.4, -0.2) is 44.2 Å². The first-order valence-electron chi connectivity index (χ1n) is 10.1. The number of nitrogens with one attached hydrogen (secondary N) is 2. The second-order valence-electron chi connectivity index (χ2n) is 7.05. The summed E-state index contributed by atoms with van der Waals surface area (Å²) in [6, 6.07) is 3.31. The van der Waals surface area contributed by atoms with Crippen LogP contribution in [0.3, 0.4) is 0 Å². The highest BCUT2D eigenvalue weighted by Crippen LogP contribution is 2.11. The van der Waals surface area contributed by atoms with E-state index in [1.165, 1.54) is 0 Å². The van der Waals surface area contributed by atoms with Crippen LogP contribution in [0.5, 0.6) is 0 Å². The van der Waals surface area contributed by atoms with E-state index in [1.807, 2.05) is 0 Å². The van der Waals surface area contributed by atoms with Gasteiger partial charge in [-0.2, -0.15) is 5.10 Å². The summed E-state index contributed by atoms with van der Waals surface area (Å²) in [5.41, 5.74) is 4.32. The minimum Gasteiger partial charge on any atom is -0.454 e. The molecule has 1 aliphatic rings. The molecule has 0 spiro atoms. The number of rotatable bonds is 7. The Kier molecular flexibility index (Phi) is 6.86. The number of aryl methyl sites for hydroxylation is 1. The Morgan fingerprint density at radius 3 is 2.72 bits per heavy atom. The number of carbonyl (C=O) groups is 2. The van der Waals surface area contributed by atoms with Crippen LogP contribution < -0.4 is 16.5 Å². The van der Waals surface area contributed by atoms with Crippen molar-refractivity contribution in [2.24, 2.45) is 0 Å². The number of nitrogens with zero attached hydrogens (tertiary/aromatic N) is 4. The topological polar surface area (TPSA) is 114 Å². The van der Waals surface area contributed by atoms with Gasteiger partial charge in [0.25, 0.3) is 5.91 Å². The number of hydrazine groups is 1. The van der Waals surface area contributed by atoms with Crippen molar-refractivity contribution in [3.8, 4) is 0 Å². The molecule has 0 atom stereocenters. The monoisotopic (exact) mass is 404 g/mol. The predicted molar refractivity (Wildman–Crippen MR) is 105 cm³/mol. The van der Waals surface area contributed by atoms with Crippen molar-refractivity contribution < 1.29 is 14.0 Å². The molecule has 0 aromatic carbocycles. The van der Waals surface area contributed by atoms with Gasteiger partial charge in [0.15, 0.2) is 5.76 Å². The molecule has 158 valence electrons. The Labute approximate surface area is 168 Å². The lowest BCUT2D eigenvalue weighted by molar-refractivity contribution is -0.122. The van der Waals surface area contributed by atoms with Crippen molar-refractivity contribution in [3.05, 3.63) is 40.0 Å². The van der Waals surface area contributed by atoms with Crippen LogP contribution >= 0.6 is 0 Å². The zero-order valence-electron chi connectivity index (χ0n) is 16.9. The summed E-state index contributed by atoms with van der Waals surface area (Å²) in [6.45, 7) is 6.85. The average Bonchev–Trinajstić information content (AvgIpc) is 3.21. The summed E-state index contributed by atoms with van der Waals surface area (Å²) in [7, 11) is 0. The SMILES string of the molecule is CCN(CC)Cc1ccc(C(=O)NNC(=O)Cn2nc3n(c2=O)CCCCC3)o1. The summed E-state index contributed by atoms with van der Waals surface area (Å²) in [4.78, 5) is 38.9. The highest BCUT2D eigenvalue weighted by molar-refractivity contribution is 5.92. The summed E-state index contributed by atoms with van der Waals surface area (Å²) in [6.07, 6.45) is 3.71. The zero-order valence-corrected chi connectivity index (χ0v) is 16.9. The minimum atomic E-state index is -0.558. The van der Waals surface area contributed by atoms with Gasteiger partial charge in [-0.3, -0.25) is 29.9 Å². The lowest BCUT2D eigenvalue weighted by atomic mass is 10.2. The lowest BCUT2D eigenvalue weighted by Gasteiger charge is -2.15. The third-order valence-corrected chi connectivity index (χ3v) is 5.05. The number of amides is 2. The van der Waals surface area contributed by atoms with Crippen molar-refractivity contribution in [1.82, 2.24) is 30.1 Å². The van der Waals surface area contributed by atoms with E-state index in [4.69, 9.17) is 4.42 Å². The van der Waals surface area contributed by atoms with Gasteiger partial charge in [-0.25, -0.2) is 9.48 Å². The molecule has 3 heterocycles. The number of hydrogen-bond donors (Lipinski definition) is 2. The minimum absolute atomic E-state index is 0.110. The number of aromatic nitrogens is 3. The van der Waals surface area contributed by atoms with Gasteiger partial charge in [-0.15, -0.1) is 0 Å². The summed E-state index contributed by atoms with van der Waals surface area (Å²) in [5, 5.41) is 4.25. The third kappa shape index (κ3) is 5.14. The molecule has 10 heteroatoms. The zero-order chi connectivity index (χ0) is 20.8. The molecule has 0 unspecified atom stereocenters. The van der Waals surface area contributed by atoms with Crippen LogP contribution in [-0.2, 0) is 30.8 Å². The van der Waals surface area contributed by atoms with Gasteiger partial charge in [0.1, 0.15) is 18.1 Å². The summed E-state index contributed by atoms with van der Waals surface area (Å²) in [5.74, 6) is 0.399. The van der Waals surface area contributed by atoms with Gasteiger partial charge in [-0.1, -0.05) is 20.3 Å². The summed E-state index contributed by atoms with van der Waals surface area (Å²) >= 11 is 0. The molecule has 0 radical (unpaired) electrons. The molecule has 29 heavy (non-hydrogen) atoms. The molecular weight excluding hydrogens is 376 g/mol. The van der Waals surface area contributed by atoms with Crippen LogP contribution in [0.4, 0.5) is 0 Å². The van der Waals surface area contributed by atoms with E-state index in [0.29, 0.717) is 24.7 Å². The molecule has 2 aromatic heterocycles. The third-order valence-electron chi connectivity index (χ3n) is 5.05. The number of hydrogen-bond acceptors (Lipinski definition) is 6. The smallest absolute Gasteiger partial charge is 0.346 e. The second kappa shape index (κ2) is 9.55. The predicted octanol–water partition coefficient (Wildman–Crippen LogP) is 0.667. The largest absolute Gasteiger partial charge is 0.454 e. The molecule has 3 rings (SSSR count). The maximum atomic E-state index is 12.4. The number of fused-ring (bicyclic) bond motifs is 1. The summed E-state index contributed by atoms with van der Waals surface area (Å²) < 4.78 is 8.30. The molecule has 10 nitrogen and oxygen atoms in total. The van der Waals surface area contributed by atoms with Crippen molar-refractivity contribution in [2.75, 3.05) is 13.1 Å². The van der Waals surface area contributed by atoms with E-state index >= 15 is 0 Å². The molecule has 2 amide bonds. The Hall–Kier alpha value is -2.88. The van der Waals surface area contributed by atoms with Crippen molar-refractivity contribution in [2.45, 2.75) is 59.2 Å². The average molecular weight is 404 g/mol. The molecule has 0 bridgehead atoms. The number of carbonyl (C=O) groups excluding carboxylic acids is 2. The molecule has 1 aliphatic heterocycles. The maximum Gasteiger partial charge on any atom is 0.346 e. The normalized spacial score (nSPS) is 13.8. The second-order valence-corrected chi connectivity index (χ2v) is 7.05. The quantitative estimate of drug-likeness (QED) is 0.656. The Morgan fingerprint density at radius 2 is 1.97 bits per heavy atom. The van der Waals surface area contributed by atoms with Gasteiger partial charge in [0.2, 0.25) is 0 Å². The Balaban J connectivity index is 1.53. The van der Waals surface area contributed by atoms with Crippen LogP contribution in [0.25, 0.3) is 0 Å². The molecule has 0 aliphatic carbocycles. The fraction of sp³-hybridized carbons (Fsp3) is 0.579. The highest BCUT2D eigenvalue weighted by Gasteiger charge is 2.18. The maximum absolute atomic E-state index is 12.4. The Morgan fingerprint density at radius 1 is 1.17 bits per heavy atom. The molecular formula is C19H28N6O4. The fourth-order valence-corrected chi connectivity index (χ4v) is 3.34. The van der Waals surface area contributed by atoms with Crippen LogP contribution in [0.2, 0.25) is 0 Å². The van der Waals surface area contributed by atoms with Gasteiger partial charge in [0.05, 0.1) is 6.54 Å². The van der Waals surface area contributed by atoms with Crippen LogP contribution in [0.1, 0.15) is 55.2 Å². The van der Waals surface area contributed by atoms with Crippen molar-refractivity contribution in [1.29, 1.82) is 0 Å². The first-order chi connectivity index (χ1) is 14.0. The van der Waals surface area contributed by atoms with E-state index < -0.39 is 11.8 Å². The Bertz CT molecular complexity index is 908. The lowest BCUT2D eigenvalue weighted by Crippen LogP contribution is -2.44. The standard InChI is InChI=1S/C19H28N6O4/c1-3-23(4-2)12-14-9-10-15(29-14)18(27)21-20-17(26)13-25-19(28)24-11-7-5-6-8-16(24)22-25/h9-10H,3-8,11-13H2,1-2H3,(H,20,26)(H,21,27).